The fourth-order valence-corrected chi connectivity index (χ4v) is 4.63. The minimum absolute atomic E-state index is 0.0448. The quantitative estimate of drug-likeness (QED) is 0.654. The van der Waals surface area contributed by atoms with Gasteiger partial charge < -0.3 is 9.64 Å². The van der Waals surface area contributed by atoms with E-state index in [9.17, 15) is 13.2 Å². The van der Waals surface area contributed by atoms with Crippen molar-refractivity contribution in [3.05, 3.63) is 58.6 Å². The van der Waals surface area contributed by atoms with E-state index in [0.29, 0.717) is 28.8 Å². The molecule has 150 valence electrons. The summed E-state index contributed by atoms with van der Waals surface area (Å²) in [6, 6.07) is 12.3. The number of hydrogen-bond donors (Lipinski definition) is 0. The predicted octanol–water partition coefficient (Wildman–Crippen LogP) is 3.53. The molecule has 0 spiro atoms. The number of carbonyl (C=O) groups is 1. The van der Waals surface area contributed by atoms with Crippen LogP contribution in [0.25, 0.3) is 0 Å². The van der Waals surface area contributed by atoms with Crippen LogP contribution >= 0.6 is 11.6 Å². The summed E-state index contributed by atoms with van der Waals surface area (Å²) in [6.07, 6.45) is 2.96. The van der Waals surface area contributed by atoms with Crippen molar-refractivity contribution in [2.45, 2.75) is 30.6 Å². The third kappa shape index (κ3) is 5.26. The lowest BCUT2D eigenvalue weighted by molar-refractivity contribution is -0.129. The Balaban J connectivity index is 1.47. The highest BCUT2D eigenvalue weighted by Gasteiger charge is 2.20. The summed E-state index contributed by atoms with van der Waals surface area (Å²) in [6.45, 7) is 0.696. The molecule has 0 N–H and O–H groups in total. The Morgan fingerprint density at radius 3 is 2.57 bits per heavy atom. The van der Waals surface area contributed by atoms with Crippen molar-refractivity contribution in [1.82, 2.24) is 4.90 Å². The number of fused-ring (bicyclic) bond motifs is 1. The number of aryl methyl sites for hydroxylation is 2. The Hall–Kier alpha value is -2.05. The van der Waals surface area contributed by atoms with Crippen molar-refractivity contribution in [1.29, 1.82) is 0 Å². The van der Waals surface area contributed by atoms with E-state index in [4.69, 9.17) is 16.3 Å². The van der Waals surface area contributed by atoms with Gasteiger partial charge in [-0.15, -0.1) is 0 Å². The van der Waals surface area contributed by atoms with Gasteiger partial charge in [-0.25, -0.2) is 8.42 Å². The van der Waals surface area contributed by atoms with E-state index in [1.54, 1.807) is 43.4 Å². The average molecular weight is 422 g/mol. The molecular formula is C21H24ClNO4S. The van der Waals surface area contributed by atoms with Gasteiger partial charge in [0.05, 0.1) is 17.2 Å². The first kappa shape index (κ1) is 20.7. The first-order valence-corrected chi connectivity index (χ1v) is 11.3. The molecular weight excluding hydrogens is 398 g/mol. The maximum absolute atomic E-state index is 12.6. The van der Waals surface area contributed by atoms with Crippen LogP contribution in [0.15, 0.2) is 47.4 Å². The monoisotopic (exact) mass is 421 g/mol. The maximum Gasteiger partial charge on any atom is 0.223 e. The molecule has 1 amide bonds. The molecule has 0 radical (unpaired) electrons. The van der Waals surface area contributed by atoms with Gasteiger partial charge >= 0.3 is 0 Å². The smallest absolute Gasteiger partial charge is 0.223 e. The zero-order valence-corrected chi connectivity index (χ0v) is 17.4. The minimum Gasteiger partial charge on any atom is -0.492 e. The summed E-state index contributed by atoms with van der Waals surface area (Å²) in [7, 11) is -1.82. The van der Waals surface area contributed by atoms with Crippen LogP contribution in [0.2, 0.25) is 5.02 Å². The van der Waals surface area contributed by atoms with Crippen molar-refractivity contribution in [3.63, 3.8) is 0 Å². The molecule has 0 unspecified atom stereocenters. The first-order chi connectivity index (χ1) is 13.3. The predicted molar refractivity (Wildman–Crippen MR) is 110 cm³/mol. The van der Waals surface area contributed by atoms with Crippen LogP contribution in [0.3, 0.4) is 0 Å². The zero-order valence-electron chi connectivity index (χ0n) is 15.9. The number of rotatable bonds is 8. The normalized spacial score (nSPS) is 13.2. The van der Waals surface area contributed by atoms with E-state index in [1.807, 2.05) is 6.07 Å². The lowest BCUT2D eigenvalue weighted by Crippen LogP contribution is -2.32. The first-order valence-electron chi connectivity index (χ1n) is 9.32. The number of ether oxygens (including phenoxy) is 1. The molecule has 0 atom stereocenters. The SMILES string of the molecule is CN(CCOc1ccc(Cl)cc1)C(=O)CCS(=O)(=O)c1ccc2c(c1)CCC2. The van der Waals surface area contributed by atoms with Crippen LogP contribution in [0.4, 0.5) is 0 Å². The molecule has 3 rings (SSSR count). The molecule has 1 aliphatic rings. The summed E-state index contributed by atoms with van der Waals surface area (Å²) < 4.78 is 30.7. The second-order valence-corrected chi connectivity index (χ2v) is 9.52. The second kappa shape index (κ2) is 8.97. The van der Waals surface area contributed by atoms with E-state index in [1.165, 1.54) is 10.5 Å². The van der Waals surface area contributed by atoms with Crippen molar-refractivity contribution in [3.8, 4) is 5.75 Å². The molecule has 1 aliphatic carbocycles. The van der Waals surface area contributed by atoms with Crippen molar-refractivity contribution in [2.75, 3.05) is 26.0 Å². The summed E-state index contributed by atoms with van der Waals surface area (Å²) in [5.74, 6) is 0.265. The van der Waals surface area contributed by atoms with Gasteiger partial charge in [0.2, 0.25) is 5.91 Å². The third-order valence-corrected chi connectivity index (χ3v) is 6.91. The largest absolute Gasteiger partial charge is 0.492 e. The number of sulfone groups is 1. The number of benzene rings is 2. The van der Waals surface area contributed by atoms with Crippen LogP contribution in [-0.4, -0.2) is 45.2 Å². The fraction of sp³-hybridized carbons (Fsp3) is 0.381. The Bertz CT molecular complexity index is 941. The average Bonchev–Trinajstić information content (AvgIpc) is 3.15. The molecule has 0 bridgehead atoms. The van der Waals surface area contributed by atoms with Gasteiger partial charge in [-0.05, 0) is 66.8 Å². The highest BCUT2D eigenvalue weighted by Crippen LogP contribution is 2.25. The molecule has 0 aromatic heterocycles. The summed E-state index contributed by atoms with van der Waals surface area (Å²) >= 11 is 5.82. The van der Waals surface area contributed by atoms with Gasteiger partial charge in [-0.3, -0.25) is 4.79 Å². The maximum atomic E-state index is 12.6. The zero-order chi connectivity index (χ0) is 20.1. The molecule has 0 saturated carbocycles. The Labute approximate surface area is 171 Å². The molecule has 7 heteroatoms. The molecule has 5 nitrogen and oxygen atoms in total. The summed E-state index contributed by atoms with van der Waals surface area (Å²) in [5.41, 5.74) is 2.35. The summed E-state index contributed by atoms with van der Waals surface area (Å²) in [4.78, 5) is 14.1. The fourth-order valence-electron chi connectivity index (χ4n) is 3.23. The Morgan fingerprint density at radius 2 is 1.82 bits per heavy atom. The van der Waals surface area contributed by atoms with Gasteiger partial charge in [0, 0.05) is 18.5 Å². The van der Waals surface area contributed by atoms with Gasteiger partial charge in [0.15, 0.2) is 9.84 Å². The molecule has 0 aliphatic heterocycles. The highest BCUT2D eigenvalue weighted by atomic mass is 35.5. The number of amides is 1. The van der Waals surface area contributed by atoms with Crippen LogP contribution in [0.5, 0.6) is 5.75 Å². The van der Waals surface area contributed by atoms with Crippen LogP contribution in [0, 0.1) is 0 Å². The number of carbonyl (C=O) groups excluding carboxylic acids is 1. The van der Waals surface area contributed by atoms with E-state index >= 15 is 0 Å². The number of halogens is 1. The highest BCUT2D eigenvalue weighted by molar-refractivity contribution is 7.91. The molecule has 2 aromatic carbocycles. The molecule has 28 heavy (non-hydrogen) atoms. The van der Waals surface area contributed by atoms with E-state index in [0.717, 1.165) is 24.8 Å². The van der Waals surface area contributed by atoms with Gasteiger partial charge in [0.1, 0.15) is 12.4 Å². The second-order valence-electron chi connectivity index (χ2n) is 6.97. The molecule has 0 heterocycles. The third-order valence-electron chi connectivity index (χ3n) is 4.95. The van der Waals surface area contributed by atoms with Crippen LogP contribution < -0.4 is 4.74 Å². The number of hydrogen-bond acceptors (Lipinski definition) is 4. The number of nitrogens with zero attached hydrogens (tertiary/aromatic N) is 1. The van der Waals surface area contributed by atoms with Crippen molar-refractivity contribution < 1.29 is 17.9 Å². The van der Waals surface area contributed by atoms with Gasteiger partial charge in [-0.1, -0.05) is 17.7 Å². The van der Waals surface area contributed by atoms with E-state index < -0.39 is 9.84 Å². The van der Waals surface area contributed by atoms with Crippen molar-refractivity contribution >= 4 is 27.3 Å². The lowest BCUT2D eigenvalue weighted by atomic mass is 10.1. The topological polar surface area (TPSA) is 63.7 Å². The lowest BCUT2D eigenvalue weighted by Gasteiger charge is -2.17. The molecule has 2 aromatic rings. The van der Waals surface area contributed by atoms with Gasteiger partial charge in [0.25, 0.3) is 0 Å². The minimum atomic E-state index is -3.47. The number of likely N-dealkylation sites (N-methyl/N-ethyl adjacent to an activating group) is 1. The molecule has 0 fully saturated rings. The standard InChI is InChI=1S/C21H24ClNO4S/c1-23(12-13-27-19-8-6-18(22)7-9-19)21(24)11-14-28(25,26)20-10-5-16-3-2-4-17(16)15-20/h5-10,15H,2-4,11-14H2,1H3. The van der Waals surface area contributed by atoms with Crippen LogP contribution in [-0.2, 0) is 27.5 Å². The van der Waals surface area contributed by atoms with Gasteiger partial charge in [-0.2, -0.15) is 0 Å². The van der Waals surface area contributed by atoms with E-state index in [2.05, 4.69) is 0 Å². The van der Waals surface area contributed by atoms with Crippen LogP contribution in [0.1, 0.15) is 24.0 Å². The summed E-state index contributed by atoms with van der Waals surface area (Å²) in [5, 5.41) is 0.629. The Kier molecular flexibility index (Phi) is 6.62. The van der Waals surface area contributed by atoms with E-state index in [-0.39, 0.29) is 18.1 Å². The molecule has 0 saturated heterocycles. The Morgan fingerprint density at radius 1 is 1.11 bits per heavy atom. The van der Waals surface area contributed by atoms with Crippen molar-refractivity contribution in [2.24, 2.45) is 0 Å².